The van der Waals surface area contributed by atoms with Crippen LogP contribution in [0.1, 0.15) is 65.2 Å². The van der Waals surface area contributed by atoms with Crippen molar-refractivity contribution < 1.29 is 19.4 Å². The van der Waals surface area contributed by atoms with Gasteiger partial charge in [0.05, 0.1) is 5.60 Å². The van der Waals surface area contributed by atoms with Crippen LogP contribution in [0.25, 0.3) is 0 Å². The van der Waals surface area contributed by atoms with E-state index in [-0.39, 0.29) is 17.6 Å². The molecule has 1 heterocycles. The zero-order chi connectivity index (χ0) is 16.7. The van der Waals surface area contributed by atoms with E-state index in [4.69, 9.17) is 9.47 Å². The van der Waals surface area contributed by atoms with Gasteiger partial charge in [-0.2, -0.15) is 0 Å². The first-order chi connectivity index (χ1) is 11.4. The predicted octanol–water partition coefficient (Wildman–Crippen LogP) is 3.33. The topological polar surface area (TPSA) is 55.8 Å². The van der Waals surface area contributed by atoms with Gasteiger partial charge < -0.3 is 14.6 Å². The first-order valence-electron chi connectivity index (χ1n) is 9.68. The van der Waals surface area contributed by atoms with Crippen molar-refractivity contribution in [3.05, 3.63) is 11.6 Å². The van der Waals surface area contributed by atoms with Crippen molar-refractivity contribution in [1.82, 2.24) is 0 Å². The molecule has 4 nitrogen and oxygen atoms in total. The van der Waals surface area contributed by atoms with Gasteiger partial charge in [0.1, 0.15) is 5.78 Å². The summed E-state index contributed by atoms with van der Waals surface area (Å²) < 4.78 is 11.8. The Bertz CT molecular complexity index is 619. The minimum Gasteiger partial charge on any atom is -0.385 e. The molecule has 24 heavy (non-hydrogen) atoms. The Morgan fingerprint density at radius 1 is 1.21 bits per heavy atom. The third-order valence-electron chi connectivity index (χ3n) is 7.98. The molecule has 1 unspecified atom stereocenters. The molecule has 0 bridgehead atoms. The van der Waals surface area contributed by atoms with Crippen molar-refractivity contribution in [1.29, 1.82) is 0 Å². The molecule has 1 saturated heterocycles. The van der Waals surface area contributed by atoms with Crippen LogP contribution in [-0.2, 0) is 14.3 Å². The Balaban J connectivity index is 1.45. The van der Waals surface area contributed by atoms with Crippen LogP contribution in [0.5, 0.6) is 0 Å². The van der Waals surface area contributed by atoms with E-state index >= 15 is 0 Å². The molecule has 0 amide bonds. The SMILES string of the molecule is CC1OC2(CC[C@@]3(O)C4=CC[C@]5(C)C(=O)CC[C@H]5[C@@H]4CCC3C2)O1. The molecule has 132 valence electrons. The van der Waals surface area contributed by atoms with Crippen molar-refractivity contribution in [2.75, 3.05) is 0 Å². The Hall–Kier alpha value is -0.710. The molecule has 3 saturated carbocycles. The molecule has 0 radical (unpaired) electrons. The summed E-state index contributed by atoms with van der Waals surface area (Å²) in [5.74, 6) is 1.05. The highest BCUT2D eigenvalue weighted by Crippen LogP contribution is 2.62. The third-order valence-corrected chi connectivity index (χ3v) is 7.98. The quantitative estimate of drug-likeness (QED) is 0.691. The second-order valence-corrected chi connectivity index (χ2v) is 9.07. The molecule has 1 spiro atoms. The predicted molar refractivity (Wildman–Crippen MR) is 87.9 cm³/mol. The maximum absolute atomic E-state index is 12.4. The fraction of sp³-hybridized carbons (Fsp3) is 0.850. The van der Waals surface area contributed by atoms with Crippen LogP contribution in [0.15, 0.2) is 11.6 Å². The van der Waals surface area contributed by atoms with Crippen molar-refractivity contribution in [2.45, 2.75) is 82.9 Å². The van der Waals surface area contributed by atoms with Crippen LogP contribution >= 0.6 is 0 Å². The summed E-state index contributed by atoms with van der Waals surface area (Å²) in [7, 11) is 0. The van der Waals surface area contributed by atoms with Crippen LogP contribution in [0, 0.1) is 23.2 Å². The Kier molecular flexibility index (Phi) is 3.05. The lowest BCUT2D eigenvalue weighted by Gasteiger charge is -2.59. The zero-order valence-corrected chi connectivity index (χ0v) is 14.7. The van der Waals surface area contributed by atoms with Crippen molar-refractivity contribution in [3.8, 4) is 0 Å². The molecular formula is C20H28O4. The molecule has 5 atom stereocenters. The maximum atomic E-state index is 12.4. The normalized spacial score (nSPS) is 56.1. The fourth-order valence-electron chi connectivity index (χ4n) is 6.71. The highest BCUT2D eigenvalue weighted by atomic mass is 16.9. The van der Waals surface area contributed by atoms with E-state index in [0.717, 1.165) is 51.4 Å². The van der Waals surface area contributed by atoms with Gasteiger partial charge >= 0.3 is 0 Å². The second kappa shape index (κ2) is 4.72. The van der Waals surface area contributed by atoms with Gasteiger partial charge in [0.15, 0.2) is 12.1 Å². The lowest BCUT2D eigenvalue weighted by Crippen LogP contribution is -2.62. The van der Waals surface area contributed by atoms with E-state index in [1.54, 1.807) is 0 Å². The number of ketones is 1. The Labute approximate surface area is 143 Å². The highest BCUT2D eigenvalue weighted by Gasteiger charge is 2.62. The number of fused-ring (bicyclic) bond motifs is 5. The third kappa shape index (κ3) is 1.83. The van der Waals surface area contributed by atoms with E-state index in [9.17, 15) is 9.90 Å². The first kappa shape index (κ1) is 15.5. The summed E-state index contributed by atoms with van der Waals surface area (Å²) in [6, 6.07) is 0. The average molecular weight is 332 g/mol. The molecule has 5 aliphatic rings. The monoisotopic (exact) mass is 332 g/mol. The Morgan fingerprint density at radius 3 is 2.75 bits per heavy atom. The summed E-state index contributed by atoms with van der Waals surface area (Å²) in [6.07, 6.45) is 9.09. The highest BCUT2D eigenvalue weighted by molar-refractivity contribution is 5.87. The molecule has 1 N–H and O–H groups in total. The van der Waals surface area contributed by atoms with Gasteiger partial charge in [-0.3, -0.25) is 4.79 Å². The average Bonchev–Trinajstić information content (AvgIpc) is 2.82. The molecule has 0 aromatic rings. The molecule has 0 aromatic heterocycles. The smallest absolute Gasteiger partial charge is 0.175 e. The number of carbonyl (C=O) groups excluding carboxylic acids is 1. The van der Waals surface area contributed by atoms with Gasteiger partial charge in [-0.25, -0.2) is 0 Å². The van der Waals surface area contributed by atoms with Crippen molar-refractivity contribution in [3.63, 3.8) is 0 Å². The van der Waals surface area contributed by atoms with Gasteiger partial charge in [0, 0.05) is 24.7 Å². The number of hydrogen-bond acceptors (Lipinski definition) is 4. The van der Waals surface area contributed by atoms with Gasteiger partial charge in [0.2, 0.25) is 0 Å². The second-order valence-electron chi connectivity index (χ2n) is 9.07. The van der Waals surface area contributed by atoms with E-state index in [2.05, 4.69) is 13.0 Å². The maximum Gasteiger partial charge on any atom is 0.175 e. The van der Waals surface area contributed by atoms with Crippen LogP contribution in [0.4, 0.5) is 0 Å². The summed E-state index contributed by atoms with van der Waals surface area (Å²) in [6.45, 7) is 4.09. The van der Waals surface area contributed by atoms with E-state index < -0.39 is 11.4 Å². The molecule has 1 aliphatic heterocycles. The lowest BCUT2D eigenvalue weighted by atomic mass is 9.52. The zero-order valence-electron chi connectivity index (χ0n) is 14.7. The van der Waals surface area contributed by atoms with Gasteiger partial charge in [-0.15, -0.1) is 0 Å². The number of allylic oxidation sites excluding steroid dienone is 1. The molecule has 0 aromatic carbocycles. The van der Waals surface area contributed by atoms with E-state index in [1.165, 1.54) is 5.57 Å². The van der Waals surface area contributed by atoms with Gasteiger partial charge in [-0.1, -0.05) is 13.0 Å². The molecular weight excluding hydrogens is 304 g/mol. The van der Waals surface area contributed by atoms with E-state index in [1.807, 2.05) is 6.92 Å². The summed E-state index contributed by atoms with van der Waals surface area (Å²) >= 11 is 0. The number of aliphatic hydroxyl groups is 1. The van der Waals surface area contributed by atoms with Crippen LogP contribution in [0.3, 0.4) is 0 Å². The lowest BCUT2D eigenvalue weighted by molar-refractivity contribution is -0.461. The number of rotatable bonds is 0. The van der Waals surface area contributed by atoms with Gasteiger partial charge in [-0.05, 0) is 62.4 Å². The largest absolute Gasteiger partial charge is 0.385 e. The number of Topliss-reactive ketones (excluding diaryl/α,β-unsaturated/α-hetero) is 1. The minimum absolute atomic E-state index is 0.105. The van der Waals surface area contributed by atoms with Crippen LogP contribution in [-0.4, -0.2) is 28.6 Å². The minimum atomic E-state index is -0.702. The standard InChI is InChI=1S/C20H28O4/c1-12-23-19(24-12)9-10-20(22)13(11-19)3-4-14-15-5-6-17(21)18(15,2)8-7-16(14)20/h7,12-15,22H,3-6,8-11H2,1-2H3/t12?,13?,14-,15-,18-,19?,20-/m0/s1. The van der Waals surface area contributed by atoms with Crippen molar-refractivity contribution >= 4 is 5.78 Å². The number of carbonyl (C=O) groups is 1. The molecule has 4 aliphatic carbocycles. The summed E-state index contributed by atoms with van der Waals surface area (Å²) in [4.78, 5) is 12.4. The Morgan fingerprint density at radius 2 is 2.00 bits per heavy atom. The van der Waals surface area contributed by atoms with Crippen LogP contribution in [0.2, 0.25) is 0 Å². The van der Waals surface area contributed by atoms with Gasteiger partial charge in [0.25, 0.3) is 0 Å². The molecule has 4 heteroatoms. The molecule has 5 rings (SSSR count). The fourth-order valence-corrected chi connectivity index (χ4v) is 6.71. The summed E-state index contributed by atoms with van der Waals surface area (Å²) in [5.41, 5.74) is 0.369. The van der Waals surface area contributed by atoms with Crippen LogP contribution < -0.4 is 0 Å². The molecule has 4 fully saturated rings. The first-order valence-corrected chi connectivity index (χ1v) is 9.68. The summed E-state index contributed by atoms with van der Waals surface area (Å²) in [5, 5.41) is 11.6. The van der Waals surface area contributed by atoms with E-state index in [0.29, 0.717) is 17.6 Å². The van der Waals surface area contributed by atoms with Crippen molar-refractivity contribution in [2.24, 2.45) is 23.2 Å². The number of hydrogen-bond donors (Lipinski definition) is 1. The number of ether oxygens (including phenoxy) is 2.